The van der Waals surface area contributed by atoms with Crippen LogP contribution >= 0.6 is 0 Å². The van der Waals surface area contributed by atoms with Crippen molar-refractivity contribution in [2.45, 2.75) is 65.7 Å². The molecular weight excluding hydrogens is 286 g/mol. The number of hydrogen-bond acceptors (Lipinski definition) is 2. The van der Waals surface area contributed by atoms with Crippen LogP contribution in [-0.4, -0.2) is 23.8 Å². The predicted molar refractivity (Wildman–Crippen MR) is 101 cm³/mol. The third-order valence-corrected chi connectivity index (χ3v) is 5.11. The molecule has 0 aliphatic heterocycles. The molecule has 0 unspecified atom stereocenters. The molecule has 122 valence electrons. The van der Waals surface area contributed by atoms with E-state index >= 15 is 0 Å². The van der Waals surface area contributed by atoms with Crippen LogP contribution in [-0.2, 0) is 6.54 Å². The smallest absolute Gasteiger partial charge is 0.112 e. The second-order valence-electron chi connectivity index (χ2n) is 7.72. The fourth-order valence-corrected chi connectivity index (χ4v) is 3.38. The van der Waals surface area contributed by atoms with Gasteiger partial charge >= 0.3 is 0 Å². The minimum atomic E-state index is -1.12. The summed E-state index contributed by atoms with van der Waals surface area (Å²) in [5, 5.41) is 3.65. The summed E-state index contributed by atoms with van der Waals surface area (Å²) in [5.41, 5.74) is 3.61. The summed E-state index contributed by atoms with van der Waals surface area (Å²) in [7, 11) is -1.12. The Balaban J connectivity index is 2.43. The normalized spacial score (nSPS) is 12.3. The van der Waals surface area contributed by atoms with Crippen LogP contribution in [0.3, 0.4) is 0 Å². The van der Waals surface area contributed by atoms with Gasteiger partial charge in [-0.15, -0.1) is 0 Å². The van der Waals surface area contributed by atoms with Crippen molar-refractivity contribution in [1.82, 2.24) is 9.55 Å². The molecule has 0 aliphatic carbocycles. The number of rotatable bonds is 7. The second kappa shape index (κ2) is 6.86. The average Bonchev–Trinajstić information content (AvgIpc) is 2.81. The SMILES string of the molecule is CCCCn1c(C(C)C)nc2c(NC[Si](C)(C)C)cccc21. The zero-order valence-electron chi connectivity index (χ0n) is 15.0. The van der Waals surface area contributed by atoms with Crippen LogP contribution in [0.25, 0.3) is 11.0 Å². The van der Waals surface area contributed by atoms with Crippen molar-refractivity contribution in [2.75, 3.05) is 11.5 Å². The first kappa shape index (κ1) is 17.1. The van der Waals surface area contributed by atoms with E-state index in [1.807, 2.05) is 0 Å². The van der Waals surface area contributed by atoms with Crippen molar-refractivity contribution < 1.29 is 0 Å². The molecule has 2 rings (SSSR count). The molecule has 0 saturated carbocycles. The van der Waals surface area contributed by atoms with E-state index < -0.39 is 8.07 Å². The molecule has 0 aliphatic rings. The number of benzene rings is 1. The number of imidazole rings is 1. The Kier molecular flexibility index (Phi) is 5.32. The van der Waals surface area contributed by atoms with Crippen LogP contribution in [0.4, 0.5) is 5.69 Å². The molecule has 2 aromatic rings. The van der Waals surface area contributed by atoms with E-state index in [9.17, 15) is 0 Å². The van der Waals surface area contributed by atoms with Gasteiger partial charge in [0.2, 0.25) is 0 Å². The number of hydrogen-bond donors (Lipinski definition) is 1. The Morgan fingerprint density at radius 3 is 2.55 bits per heavy atom. The lowest BCUT2D eigenvalue weighted by Crippen LogP contribution is -2.31. The maximum atomic E-state index is 4.98. The summed E-state index contributed by atoms with van der Waals surface area (Å²) in [6.07, 6.45) is 3.51. The number of unbranched alkanes of at least 4 members (excludes halogenated alkanes) is 1. The highest BCUT2D eigenvalue weighted by Crippen LogP contribution is 2.28. The molecule has 0 amide bonds. The Bertz CT molecular complexity index is 623. The van der Waals surface area contributed by atoms with Gasteiger partial charge in [0.1, 0.15) is 11.3 Å². The standard InChI is InChI=1S/C18H31N3Si/c1-7-8-12-21-16-11-9-10-15(19-13-22(4,5)6)17(16)20-18(21)14(2)3/h9-11,14,19H,7-8,12-13H2,1-6H3. The van der Waals surface area contributed by atoms with Gasteiger partial charge in [-0.1, -0.05) is 52.9 Å². The maximum Gasteiger partial charge on any atom is 0.112 e. The molecule has 0 radical (unpaired) electrons. The van der Waals surface area contributed by atoms with Gasteiger partial charge in [0.15, 0.2) is 0 Å². The maximum absolute atomic E-state index is 4.98. The largest absolute Gasteiger partial charge is 0.386 e. The molecule has 1 aromatic carbocycles. The van der Waals surface area contributed by atoms with Crippen LogP contribution in [0.15, 0.2) is 18.2 Å². The number of para-hydroxylation sites is 1. The Morgan fingerprint density at radius 2 is 1.95 bits per heavy atom. The zero-order valence-corrected chi connectivity index (χ0v) is 16.0. The van der Waals surface area contributed by atoms with Gasteiger partial charge in [-0.2, -0.15) is 0 Å². The van der Waals surface area contributed by atoms with E-state index in [-0.39, 0.29) is 0 Å². The molecule has 1 N–H and O–H groups in total. The highest BCUT2D eigenvalue weighted by atomic mass is 28.3. The van der Waals surface area contributed by atoms with Gasteiger partial charge in [0.25, 0.3) is 0 Å². The molecule has 1 heterocycles. The summed E-state index contributed by atoms with van der Waals surface area (Å²) in [6, 6.07) is 6.54. The zero-order chi connectivity index (χ0) is 16.3. The number of aromatic nitrogens is 2. The van der Waals surface area contributed by atoms with E-state index in [0.717, 1.165) is 18.2 Å². The lowest BCUT2D eigenvalue weighted by molar-refractivity contribution is 0.595. The van der Waals surface area contributed by atoms with Gasteiger partial charge in [-0.25, -0.2) is 4.98 Å². The van der Waals surface area contributed by atoms with Crippen molar-refractivity contribution in [1.29, 1.82) is 0 Å². The molecule has 22 heavy (non-hydrogen) atoms. The number of anilines is 1. The molecule has 0 bridgehead atoms. The number of fused-ring (bicyclic) bond motifs is 1. The highest BCUT2D eigenvalue weighted by Gasteiger charge is 2.17. The minimum Gasteiger partial charge on any atom is -0.386 e. The first-order valence-corrected chi connectivity index (χ1v) is 12.3. The fourth-order valence-electron chi connectivity index (χ4n) is 2.66. The first-order valence-electron chi connectivity index (χ1n) is 8.56. The van der Waals surface area contributed by atoms with Gasteiger partial charge in [0, 0.05) is 18.6 Å². The van der Waals surface area contributed by atoms with E-state index in [1.54, 1.807) is 0 Å². The van der Waals surface area contributed by atoms with Crippen molar-refractivity contribution in [3.63, 3.8) is 0 Å². The van der Waals surface area contributed by atoms with Crippen LogP contribution in [0, 0.1) is 0 Å². The summed E-state index contributed by atoms with van der Waals surface area (Å²) in [6.45, 7) is 14.9. The lowest BCUT2D eigenvalue weighted by Gasteiger charge is -2.17. The van der Waals surface area contributed by atoms with Crippen LogP contribution < -0.4 is 5.32 Å². The van der Waals surface area contributed by atoms with Gasteiger partial charge < -0.3 is 9.88 Å². The van der Waals surface area contributed by atoms with Crippen molar-refractivity contribution in [2.24, 2.45) is 0 Å². The molecule has 0 atom stereocenters. The molecule has 4 heteroatoms. The first-order chi connectivity index (χ1) is 10.3. The van der Waals surface area contributed by atoms with Crippen molar-refractivity contribution in [3.8, 4) is 0 Å². The van der Waals surface area contributed by atoms with Gasteiger partial charge in [-0.05, 0) is 18.6 Å². The average molecular weight is 318 g/mol. The highest BCUT2D eigenvalue weighted by molar-refractivity contribution is 6.76. The van der Waals surface area contributed by atoms with Gasteiger partial charge in [-0.3, -0.25) is 0 Å². The number of nitrogens with zero attached hydrogens (tertiary/aromatic N) is 2. The van der Waals surface area contributed by atoms with E-state index in [4.69, 9.17) is 4.98 Å². The topological polar surface area (TPSA) is 29.9 Å². The Morgan fingerprint density at radius 1 is 1.23 bits per heavy atom. The molecular formula is C18H31N3Si. The molecule has 0 spiro atoms. The summed E-state index contributed by atoms with van der Waals surface area (Å²) in [5.74, 6) is 1.67. The van der Waals surface area contributed by atoms with Crippen LogP contribution in [0.5, 0.6) is 0 Å². The minimum absolute atomic E-state index is 0.453. The molecule has 1 aromatic heterocycles. The van der Waals surface area contributed by atoms with Crippen molar-refractivity contribution in [3.05, 3.63) is 24.0 Å². The Labute approximate surface area is 136 Å². The third-order valence-electron chi connectivity index (χ3n) is 3.87. The third kappa shape index (κ3) is 3.91. The Hall–Kier alpha value is -1.29. The summed E-state index contributed by atoms with van der Waals surface area (Å²) >= 11 is 0. The van der Waals surface area contributed by atoms with Gasteiger partial charge in [0.05, 0.1) is 19.3 Å². The monoisotopic (exact) mass is 317 g/mol. The van der Waals surface area contributed by atoms with Crippen molar-refractivity contribution >= 4 is 24.8 Å². The predicted octanol–water partition coefficient (Wildman–Crippen LogP) is 5.25. The van der Waals surface area contributed by atoms with Crippen LogP contribution in [0.1, 0.15) is 45.4 Å². The molecule has 0 fully saturated rings. The summed E-state index contributed by atoms with van der Waals surface area (Å²) < 4.78 is 2.42. The van der Waals surface area contributed by atoms with Crippen LogP contribution in [0.2, 0.25) is 19.6 Å². The lowest BCUT2D eigenvalue weighted by atomic mass is 10.2. The number of aryl methyl sites for hydroxylation is 1. The summed E-state index contributed by atoms with van der Waals surface area (Å²) in [4.78, 5) is 4.98. The second-order valence-corrected chi connectivity index (χ2v) is 13.2. The van der Waals surface area contributed by atoms with E-state index in [0.29, 0.717) is 5.92 Å². The fraction of sp³-hybridized carbons (Fsp3) is 0.611. The van der Waals surface area contributed by atoms with E-state index in [2.05, 4.69) is 68.5 Å². The molecule has 0 saturated heterocycles. The quantitative estimate of drug-likeness (QED) is 0.707. The van der Waals surface area contributed by atoms with E-state index in [1.165, 1.54) is 29.9 Å². The number of nitrogens with one attached hydrogen (secondary N) is 1. The molecule has 3 nitrogen and oxygen atoms in total.